The topological polar surface area (TPSA) is 3.24 Å². The molecule has 1 atom stereocenters. The lowest BCUT2D eigenvalue weighted by Crippen LogP contribution is -2.47. The molecule has 1 nitrogen and oxygen atoms in total. The molecule has 1 aliphatic carbocycles. The lowest BCUT2D eigenvalue weighted by molar-refractivity contribution is 0.131. The van der Waals surface area contributed by atoms with Crippen molar-refractivity contribution in [1.82, 2.24) is 4.90 Å². The summed E-state index contributed by atoms with van der Waals surface area (Å²) in [6.07, 6.45) is 5.78. The Bertz CT molecular complexity index is 145. The number of nitrogens with zero attached hydrogens (tertiary/aromatic N) is 1. The molecule has 0 amide bonds. The molecular formula is C10H19NS. The van der Waals surface area contributed by atoms with Crippen molar-refractivity contribution in [3.63, 3.8) is 0 Å². The Kier molecular flexibility index (Phi) is 2.97. The van der Waals surface area contributed by atoms with Crippen LogP contribution in [-0.2, 0) is 0 Å². The molecule has 2 heteroatoms. The molecule has 0 aromatic carbocycles. The van der Waals surface area contributed by atoms with E-state index in [2.05, 4.69) is 23.6 Å². The molecule has 0 spiro atoms. The second-order valence-electron chi connectivity index (χ2n) is 3.98. The van der Waals surface area contributed by atoms with Gasteiger partial charge in [-0.3, -0.25) is 4.90 Å². The Labute approximate surface area is 79.9 Å². The SMILES string of the molecule is CCC1CN(C2CCC2)CCS1. The van der Waals surface area contributed by atoms with Gasteiger partial charge in [0.15, 0.2) is 0 Å². The van der Waals surface area contributed by atoms with Crippen LogP contribution in [0.3, 0.4) is 0 Å². The molecular weight excluding hydrogens is 166 g/mol. The van der Waals surface area contributed by atoms with E-state index < -0.39 is 0 Å². The fraction of sp³-hybridized carbons (Fsp3) is 1.00. The number of rotatable bonds is 2. The summed E-state index contributed by atoms with van der Waals surface area (Å²) in [4.78, 5) is 2.73. The third-order valence-electron chi connectivity index (χ3n) is 3.22. The highest BCUT2D eigenvalue weighted by Crippen LogP contribution is 2.30. The minimum Gasteiger partial charge on any atom is -0.298 e. The number of hydrogen-bond donors (Lipinski definition) is 0. The van der Waals surface area contributed by atoms with Gasteiger partial charge in [-0.05, 0) is 19.3 Å². The molecule has 2 rings (SSSR count). The molecule has 1 saturated heterocycles. The van der Waals surface area contributed by atoms with Crippen molar-refractivity contribution in [2.45, 2.75) is 43.9 Å². The van der Waals surface area contributed by atoms with E-state index in [0.29, 0.717) is 0 Å². The van der Waals surface area contributed by atoms with Crippen molar-refractivity contribution in [1.29, 1.82) is 0 Å². The van der Waals surface area contributed by atoms with Crippen LogP contribution < -0.4 is 0 Å². The normalized spacial score (nSPS) is 33.2. The smallest absolute Gasteiger partial charge is 0.0172 e. The fourth-order valence-electron chi connectivity index (χ4n) is 2.07. The summed E-state index contributed by atoms with van der Waals surface area (Å²) in [6.45, 7) is 5.04. The first-order chi connectivity index (χ1) is 5.90. The highest BCUT2D eigenvalue weighted by molar-refractivity contribution is 8.00. The second-order valence-corrected chi connectivity index (χ2v) is 5.39. The van der Waals surface area contributed by atoms with Crippen molar-refractivity contribution in [2.24, 2.45) is 0 Å². The summed E-state index contributed by atoms with van der Waals surface area (Å²) < 4.78 is 0. The lowest BCUT2D eigenvalue weighted by atomic mass is 9.91. The maximum absolute atomic E-state index is 2.73. The Hall–Kier alpha value is 0.310. The second kappa shape index (κ2) is 4.01. The Morgan fingerprint density at radius 2 is 2.25 bits per heavy atom. The first-order valence-electron chi connectivity index (χ1n) is 5.26. The van der Waals surface area contributed by atoms with Crippen LogP contribution in [0.2, 0.25) is 0 Å². The van der Waals surface area contributed by atoms with E-state index >= 15 is 0 Å². The summed E-state index contributed by atoms with van der Waals surface area (Å²) in [5.41, 5.74) is 0. The summed E-state index contributed by atoms with van der Waals surface area (Å²) in [7, 11) is 0. The molecule has 70 valence electrons. The van der Waals surface area contributed by atoms with Crippen molar-refractivity contribution < 1.29 is 0 Å². The molecule has 0 radical (unpaired) electrons. The molecule has 1 heterocycles. The molecule has 0 bridgehead atoms. The monoisotopic (exact) mass is 185 g/mol. The fourth-order valence-corrected chi connectivity index (χ4v) is 3.28. The zero-order valence-electron chi connectivity index (χ0n) is 7.96. The first kappa shape index (κ1) is 8.89. The van der Waals surface area contributed by atoms with Gasteiger partial charge in [0.2, 0.25) is 0 Å². The quantitative estimate of drug-likeness (QED) is 0.650. The van der Waals surface area contributed by atoms with E-state index in [4.69, 9.17) is 0 Å². The van der Waals surface area contributed by atoms with Gasteiger partial charge in [-0.15, -0.1) is 0 Å². The van der Waals surface area contributed by atoms with Gasteiger partial charge in [-0.25, -0.2) is 0 Å². The Morgan fingerprint density at radius 3 is 2.83 bits per heavy atom. The third-order valence-corrected chi connectivity index (χ3v) is 4.59. The van der Waals surface area contributed by atoms with Crippen LogP contribution in [0.5, 0.6) is 0 Å². The standard InChI is InChI=1S/C10H19NS/c1-2-10-8-11(6-7-12-10)9-4-3-5-9/h9-10H,2-8H2,1H3. The summed E-state index contributed by atoms with van der Waals surface area (Å²) in [5.74, 6) is 1.37. The predicted octanol–water partition coefficient (Wildman–Crippen LogP) is 2.37. The van der Waals surface area contributed by atoms with Gasteiger partial charge in [0.25, 0.3) is 0 Å². The Morgan fingerprint density at radius 1 is 1.42 bits per heavy atom. The average Bonchev–Trinajstić information content (AvgIpc) is 2.02. The van der Waals surface area contributed by atoms with Gasteiger partial charge in [-0.2, -0.15) is 11.8 Å². The van der Waals surface area contributed by atoms with Crippen LogP contribution in [0.15, 0.2) is 0 Å². The van der Waals surface area contributed by atoms with E-state index in [0.717, 1.165) is 11.3 Å². The average molecular weight is 185 g/mol. The molecule has 0 aromatic rings. The molecule has 1 aliphatic heterocycles. The number of thioether (sulfide) groups is 1. The van der Waals surface area contributed by atoms with E-state index in [-0.39, 0.29) is 0 Å². The highest BCUT2D eigenvalue weighted by atomic mass is 32.2. The van der Waals surface area contributed by atoms with Crippen LogP contribution in [-0.4, -0.2) is 35.0 Å². The first-order valence-corrected chi connectivity index (χ1v) is 6.30. The molecule has 1 unspecified atom stereocenters. The van der Waals surface area contributed by atoms with Gasteiger partial charge >= 0.3 is 0 Å². The minimum atomic E-state index is 0.930. The van der Waals surface area contributed by atoms with Crippen molar-refractivity contribution >= 4 is 11.8 Å². The zero-order chi connectivity index (χ0) is 8.39. The van der Waals surface area contributed by atoms with Crippen LogP contribution in [0, 0.1) is 0 Å². The van der Waals surface area contributed by atoms with Crippen LogP contribution in [0.25, 0.3) is 0 Å². The minimum absolute atomic E-state index is 0.930. The van der Waals surface area contributed by atoms with Gasteiger partial charge in [0.05, 0.1) is 0 Å². The maximum Gasteiger partial charge on any atom is 0.0172 e. The highest BCUT2D eigenvalue weighted by Gasteiger charge is 2.28. The molecule has 1 saturated carbocycles. The predicted molar refractivity (Wildman–Crippen MR) is 55.7 cm³/mol. The van der Waals surface area contributed by atoms with Crippen LogP contribution in [0.4, 0.5) is 0 Å². The van der Waals surface area contributed by atoms with Gasteiger partial charge in [0.1, 0.15) is 0 Å². The third kappa shape index (κ3) is 1.80. The van der Waals surface area contributed by atoms with Crippen molar-refractivity contribution in [3.05, 3.63) is 0 Å². The molecule has 2 aliphatic rings. The Balaban J connectivity index is 1.81. The van der Waals surface area contributed by atoms with E-state index in [9.17, 15) is 0 Å². The van der Waals surface area contributed by atoms with Gasteiger partial charge in [0, 0.05) is 30.1 Å². The van der Waals surface area contributed by atoms with E-state index in [1.54, 1.807) is 0 Å². The van der Waals surface area contributed by atoms with Crippen molar-refractivity contribution in [2.75, 3.05) is 18.8 Å². The van der Waals surface area contributed by atoms with Crippen molar-refractivity contribution in [3.8, 4) is 0 Å². The molecule has 12 heavy (non-hydrogen) atoms. The summed E-state index contributed by atoms with van der Waals surface area (Å²) >= 11 is 2.18. The maximum atomic E-state index is 2.73. The van der Waals surface area contributed by atoms with E-state index in [1.807, 2.05) is 0 Å². The number of hydrogen-bond acceptors (Lipinski definition) is 2. The largest absolute Gasteiger partial charge is 0.298 e. The zero-order valence-corrected chi connectivity index (χ0v) is 8.78. The lowest BCUT2D eigenvalue weighted by Gasteiger charge is -2.42. The summed E-state index contributed by atoms with van der Waals surface area (Å²) in [5, 5.41) is 0.930. The molecule has 2 fully saturated rings. The molecule has 0 N–H and O–H groups in total. The van der Waals surface area contributed by atoms with E-state index in [1.165, 1.54) is 44.5 Å². The van der Waals surface area contributed by atoms with Gasteiger partial charge < -0.3 is 0 Å². The van der Waals surface area contributed by atoms with Gasteiger partial charge in [-0.1, -0.05) is 13.3 Å². The van der Waals surface area contributed by atoms with Crippen LogP contribution >= 0.6 is 11.8 Å². The summed E-state index contributed by atoms with van der Waals surface area (Å²) in [6, 6.07) is 0.972. The van der Waals surface area contributed by atoms with Crippen LogP contribution in [0.1, 0.15) is 32.6 Å². The molecule has 0 aromatic heterocycles.